The quantitative estimate of drug-likeness (QED) is 0.413. The normalized spacial score (nSPS) is 24.9. The molecule has 0 radical (unpaired) electrons. The van der Waals surface area contributed by atoms with Crippen LogP contribution in [0.2, 0.25) is 0 Å². The third-order valence-corrected chi connectivity index (χ3v) is 11.4. The highest BCUT2D eigenvalue weighted by Crippen LogP contribution is 2.35. The van der Waals surface area contributed by atoms with Crippen LogP contribution in [-0.4, -0.2) is 126 Å². The summed E-state index contributed by atoms with van der Waals surface area (Å²) in [6.07, 6.45) is 2.70. The molecular formula is C38H47FN6O6. The SMILES string of the molecule is C[C@H]1CN(C(=O)OCc2ccccc2)CCN1CC1CCN(CC2(F)CCN(c3ccc4c(c3)C(=O)N(C3CCC(=O)NC3=O)C4=O)CC2)CC1. The number of nitrogens with zero attached hydrogens (tertiary/aromatic N) is 5. The van der Waals surface area contributed by atoms with Crippen LogP contribution >= 0.6 is 0 Å². The number of halogens is 1. The Balaban J connectivity index is 0.844. The number of carbonyl (C=O) groups is 5. The predicted octanol–water partition coefficient (Wildman–Crippen LogP) is 3.45. The van der Waals surface area contributed by atoms with Crippen molar-refractivity contribution in [1.29, 1.82) is 0 Å². The number of ether oxygens (including phenoxy) is 1. The fourth-order valence-corrected chi connectivity index (χ4v) is 8.28. The number of imide groups is 2. The average Bonchev–Trinajstić information content (AvgIpc) is 3.37. The van der Waals surface area contributed by atoms with Gasteiger partial charge in [-0.25, -0.2) is 9.18 Å². The summed E-state index contributed by atoms with van der Waals surface area (Å²) in [6, 6.07) is 14.0. The molecule has 1 unspecified atom stereocenters. The first-order valence-electron chi connectivity index (χ1n) is 18.3. The van der Waals surface area contributed by atoms with Crippen molar-refractivity contribution in [3.63, 3.8) is 0 Å². The average molecular weight is 703 g/mol. The van der Waals surface area contributed by atoms with Crippen LogP contribution in [0.15, 0.2) is 48.5 Å². The summed E-state index contributed by atoms with van der Waals surface area (Å²) in [6.45, 7) is 8.68. The number of amides is 5. The van der Waals surface area contributed by atoms with Gasteiger partial charge in [-0.1, -0.05) is 30.3 Å². The van der Waals surface area contributed by atoms with E-state index in [2.05, 4.69) is 26.9 Å². The van der Waals surface area contributed by atoms with Gasteiger partial charge < -0.3 is 19.4 Å². The van der Waals surface area contributed by atoms with Gasteiger partial charge >= 0.3 is 6.09 Å². The highest BCUT2D eigenvalue weighted by Gasteiger charge is 2.45. The van der Waals surface area contributed by atoms with Crippen LogP contribution in [0.3, 0.4) is 0 Å². The van der Waals surface area contributed by atoms with Crippen LogP contribution in [0, 0.1) is 5.92 Å². The van der Waals surface area contributed by atoms with Crippen molar-refractivity contribution in [2.45, 2.75) is 69.8 Å². The molecule has 4 fully saturated rings. The number of nitrogens with one attached hydrogen (secondary N) is 1. The van der Waals surface area contributed by atoms with Gasteiger partial charge in [0.05, 0.1) is 11.1 Å². The Morgan fingerprint density at radius 3 is 2.33 bits per heavy atom. The summed E-state index contributed by atoms with van der Waals surface area (Å²) in [5.41, 5.74) is 0.907. The van der Waals surface area contributed by atoms with Gasteiger partial charge in [0, 0.05) is 76.8 Å². The first-order valence-corrected chi connectivity index (χ1v) is 18.3. The highest BCUT2D eigenvalue weighted by atomic mass is 19.1. The molecule has 0 spiro atoms. The number of piperazine rings is 1. The Morgan fingerprint density at radius 1 is 0.902 bits per heavy atom. The Labute approximate surface area is 297 Å². The van der Waals surface area contributed by atoms with Crippen molar-refractivity contribution >= 4 is 35.4 Å². The summed E-state index contributed by atoms with van der Waals surface area (Å²) in [5, 5.41) is 2.22. The second-order valence-corrected chi connectivity index (χ2v) is 14.9. The Morgan fingerprint density at radius 2 is 1.63 bits per heavy atom. The van der Waals surface area contributed by atoms with Crippen LogP contribution in [0.5, 0.6) is 0 Å². The molecule has 13 heteroatoms. The van der Waals surface area contributed by atoms with E-state index in [0.29, 0.717) is 51.5 Å². The maximum atomic E-state index is 16.2. The van der Waals surface area contributed by atoms with Crippen molar-refractivity contribution in [2.75, 3.05) is 63.8 Å². The molecule has 51 heavy (non-hydrogen) atoms. The molecule has 2 atom stereocenters. The molecule has 2 aromatic carbocycles. The lowest BCUT2D eigenvalue weighted by Gasteiger charge is -2.44. The molecule has 7 rings (SSSR count). The molecule has 4 saturated heterocycles. The number of carbonyl (C=O) groups excluding carboxylic acids is 5. The minimum Gasteiger partial charge on any atom is -0.445 e. The second kappa shape index (κ2) is 14.7. The predicted molar refractivity (Wildman–Crippen MR) is 187 cm³/mol. The zero-order valence-electron chi connectivity index (χ0n) is 29.2. The van der Waals surface area contributed by atoms with E-state index in [1.807, 2.05) is 30.3 Å². The van der Waals surface area contributed by atoms with Crippen LogP contribution in [0.1, 0.15) is 71.7 Å². The molecule has 1 N–H and O–H groups in total. The summed E-state index contributed by atoms with van der Waals surface area (Å²) < 4.78 is 21.7. The van der Waals surface area contributed by atoms with Gasteiger partial charge in [0.15, 0.2) is 0 Å². The Hall–Kier alpha value is -4.36. The first-order chi connectivity index (χ1) is 24.6. The van der Waals surface area contributed by atoms with Crippen molar-refractivity contribution in [2.24, 2.45) is 5.92 Å². The van der Waals surface area contributed by atoms with Crippen molar-refractivity contribution in [1.82, 2.24) is 24.9 Å². The fourth-order valence-electron chi connectivity index (χ4n) is 8.28. The number of benzene rings is 2. The molecule has 0 aliphatic carbocycles. The van der Waals surface area contributed by atoms with Crippen molar-refractivity contribution in [3.8, 4) is 0 Å². The summed E-state index contributed by atoms with van der Waals surface area (Å²) in [5.74, 6) is -1.58. The van der Waals surface area contributed by atoms with Gasteiger partial charge in [-0.05, 0) is 69.0 Å². The van der Waals surface area contributed by atoms with E-state index < -0.39 is 35.3 Å². The lowest BCUT2D eigenvalue weighted by molar-refractivity contribution is -0.136. The molecule has 272 valence electrons. The molecule has 12 nitrogen and oxygen atoms in total. The zero-order chi connectivity index (χ0) is 35.7. The number of hydrogen-bond donors (Lipinski definition) is 1. The molecule has 2 aromatic rings. The van der Waals surface area contributed by atoms with Gasteiger partial charge in [0.1, 0.15) is 18.3 Å². The van der Waals surface area contributed by atoms with Gasteiger partial charge in [0.25, 0.3) is 11.8 Å². The van der Waals surface area contributed by atoms with Gasteiger partial charge in [-0.3, -0.25) is 34.3 Å². The summed E-state index contributed by atoms with van der Waals surface area (Å²) in [7, 11) is 0. The fraction of sp³-hybridized carbons (Fsp3) is 0.553. The van der Waals surface area contributed by atoms with E-state index in [0.717, 1.165) is 55.2 Å². The Kier molecular flexibility index (Phi) is 10.1. The van der Waals surface area contributed by atoms with Crippen LogP contribution in [-0.2, 0) is 20.9 Å². The van der Waals surface area contributed by atoms with E-state index in [-0.39, 0.29) is 42.7 Å². The van der Waals surface area contributed by atoms with E-state index in [9.17, 15) is 24.0 Å². The summed E-state index contributed by atoms with van der Waals surface area (Å²) >= 11 is 0. The standard InChI is InChI=1S/C38H47FN6O6/c1-26-22-44(37(50)51-24-28-5-3-2-4-6-28)20-19-43(26)23-27-11-15-41(16-12-27)25-38(39)13-17-42(18-14-38)29-7-8-30-31(21-29)36(49)45(35(30)48)32-9-10-33(46)40-34(32)47/h2-8,21,26-27,32H,9-20,22-25H2,1H3,(H,40,46,47)/t26-,32?/m0/s1. The molecule has 5 heterocycles. The number of piperidine rings is 3. The smallest absolute Gasteiger partial charge is 0.410 e. The van der Waals surface area contributed by atoms with E-state index in [1.165, 1.54) is 0 Å². The minimum atomic E-state index is -1.30. The molecule has 5 aliphatic heterocycles. The molecule has 0 bridgehead atoms. The number of hydrogen-bond acceptors (Lipinski definition) is 9. The van der Waals surface area contributed by atoms with Crippen LogP contribution < -0.4 is 10.2 Å². The minimum absolute atomic E-state index is 0.0692. The maximum absolute atomic E-state index is 16.2. The molecule has 0 saturated carbocycles. The van der Waals surface area contributed by atoms with Gasteiger partial charge in [-0.2, -0.15) is 0 Å². The Bertz CT molecular complexity index is 1660. The highest BCUT2D eigenvalue weighted by molar-refractivity contribution is 6.23. The first kappa shape index (κ1) is 35.1. The zero-order valence-corrected chi connectivity index (χ0v) is 29.2. The lowest BCUT2D eigenvalue weighted by atomic mass is 9.89. The number of rotatable bonds is 8. The molecular weight excluding hydrogens is 655 g/mol. The topological polar surface area (TPSA) is 123 Å². The number of likely N-dealkylation sites (tertiary alicyclic amines) is 1. The van der Waals surface area contributed by atoms with Crippen molar-refractivity contribution < 1.29 is 33.1 Å². The maximum Gasteiger partial charge on any atom is 0.410 e. The van der Waals surface area contributed by atoms with E-state index in [4.69, 9.17) is 4.74 Å². The van der Waals surface area contributed by atoms with Crippen LogP contribution in [0.4, 0.5) is 14.9 Å². The largest absolute Gasteiger partial charge is 0.445 e. The van der Waals surface area contributed by atoms with E-state index in [1.54, 1.807) is 23.1 Å². The number of alkyl halides is 1. The third-order valence-electron chi connectivity index (χ3n) is 11.4. The monoisotopic (exact) mass is 702 g/mol. The summed E-state index contributed by atoms with van der Waals surface area (Å²) in [4.78, 5) is 72.6. The number of fused-ring (bicyclic) bond motifs is 1. The molecule has 5 aliphatic rings. The van der Waals surface area contributed by atoms with Gasteiger partial charge in [0.2, 0.25) is 11.8 Å². The second-order valence-electron chi connectivity index (χ2n) is 14.9. The van der Waals surface area contributed by atoms with Gasteiger partial charge in [-0.15, -0.1) is 0 Å². The van der Waals surface area contributed by atoms with Crippen LogP contribution in [0.25, 0.3) is 0 Å². The van der Waals surface area contributed by atoms with E-state index >= 15 is 4.39 Å². The third kappa shape index (κ3) is 7.64. The van der Waals surface area contributed by atoms with Crippen molar-refractivity contribution in [3.05, 3.63) is 65.2 Å². The lowest BCUT2D eigenvalue weighted by Crippen LogP contribution is -2.55. The number of anilines is 1. The molecule has 5 amide bonds. The molecule has 0 aromatic heterocycles.